The van der Waals surface area contributed by atoms with Crippen LogP contribution in [0.3, 0.4) is 0 Å². The van der Waals surface area contributed by atoms with Crippen LogP contribution in [-0.4, -0.2) is 12.3 Å². The van der Waals surface area contributed by atoms with Crippen molar-refractivity contribution in [1.82, 2.24) is 0 Å². The smallest absolute Gasteiger partial charge is 0.0340 e. The van der Waals surface area contributed by atoms with Crippen molar-refractivity contribution in [3.8, 4) is 0 Å². The molecule has 0 radical (unpaired) electrons. The first-order chi connectivity index (χ1) is 5.83. The van der Waals surface area contributed by atoms with E-state index in [0.29, 0.717) is 0 Å². The first kappa shape index (κ1) is 9.93. The van der Waals surface area contributed by atoms with Crippen molar-refractivity contribution in [2.75, 3.05) is 17.6 Å². The summed E-state index contributed by atoms with van der Waals surface area (Å²) in [6.45, 7) is 0.991. The maximum atomic E-state index is 4.14. The molecule has 1 aromatic carbocycles. The van der Waals surface area contributed by atoms with Crippen LogP contribution >= 0.6 is 28.6 Å². The van der Waals surface area contributed by atoms with Gasteiger partial charge in [0.25, 0.3) is 0 Å². The van der Waals surface area contributed by atoms with Gasteiger partial charge in [-0.15, -0.1) is 0 Å². The van der Waals surface area contributed by atoms with Crippen molar-refractivity contribution in [2.24, 2.45) is 0 Å². The number of thiol groups is 1. The van der Waals surface area contributed by atoms with E-state index < -0.39 is 0 Å². The average Bonchev–Trinajstić information content (AvgIpc) is 2.09. The molecule has 0 aliphatic heterocycles. The standard InChI is InChI=1S/C9H12BrNS/c10-8-2-4-9(5-3-8)11-6-1-7-12/h2-5,11-12H,1,6-7H2. The summed E-state index contributed by atoms with van der Waals surface area (Å²) < 4.78 is 1.11. The Kier molecular flexibility index (Phi) is 4.54. The molecule has 0 amide bonds. The minimum atomic E-state index is 0.934. The molecule has 0 unspecified atom stereocenters. The van der Waals surface area contributed by atoms with Gasteiger partial charge in [-0.2, -0.15) is 12.6 Å². The lowest BCUT2D eigenvalue weighted by atomic mass is 10.3. The Balaban J connectivity index is 2.37. The van der Waals surface area contributed by atoms with Crippen LogP contribution < -0.4 is 5.32 Å². The highest BCUT2D eigenvalue weighted by molar-refractivity contribution is 9.10. The molecule has 0 heterocycles. The van der Waals surface area contributed by atoms with Crippen LogP contribution in [0.5, 0.6) is 0 Å². The van der Waals surface area contributed by atoms with E-state index in [1.807, 2.05) is 12.1 Å². The monoisotopic (exact) mass is 245 g/mol. The molecule has 1 N–H and O–H groups in total. The second-order valence-corrected chi connectivity index (χ2v) is 3.87. The molecule has 12 heavy (non-hydrogen) atoms. The van der Waals surface area contributed by atoms with Crippen molar-refractivity contribution in [2.45, 2.75) is 6.42 Å². The van der Waals surface area contributed by atoms with Gasteiger partial charge in [-0.1, -0.05) is 15.9 Å². The molecule has 1 rings (SSSR count). The second-order valence-electron chi connectivity index (χ2n) is 2.51. The Morgan fingerprint density at radius 1 is 1.25 bits per heavy atom. The Bertz CT molecular complexity index is 222. The van der Waals surface area contributed by atoms with E-state index in [4.69, 9.17) is 0 Å². The average molecular weight is 246 g/mol. The zero-order valence-corrected chi connectivity index (χ0v) is 9.24. The molecule has 3 heteroatoms. The van der Waals surface area contributed by atoms with Gasteiger partial charge in [0.05, 0.1) is 0 Å². The molecule has 0 saturated carbocycles. The Labute approximate surface area is 87.1 Å². The maximum Gasteiger partial charge on any atom is 0.0340 e. The van der Waals surface area contributed by atoms with Gasteiger partial charge < -0.3 is 5.32 Å². The number of halogens is 1. The molecule has 0 aromatic heterocycles. The normalized spacial score (nSPS) is 9.83. The molecule has 1 nitrogen and oxygen atoms in total. The summed E-state index contributed by atoms with van der Waals surface area (Å²) in [5, 5.41) is 3.30. The first-order valence-electron chi connectivity index (χ1n) is 3.93. The molecular weight excluding hydrogens is 234 g/mol. The van der Waals surface area contributed by atoms with Crippen LogP contribution in [0, 0.1) is 0 Å². The summed E-state index contributed by atoms with van der Waals surface area (Å²) in [7, 11) is 0. The number of nitrogens with one attached hydrogen (secondary N) is 1. The largest absolute Gasteiger partial charge is 0.385 e. The first-order valence-corrected chi connectivity index (χ1v) is 5.36. The number of benzene rings is 1. The van der Waals surface area contributed by atoms with Crippen molar-refractivity contribution in [1.29, 1.82) is 0 Å². The maximum absolute atomic E-state index is 4.14. The third-order valence-electron chi connectivity index (χ3n) is 1.51. The summed E-state index contributed by atoms with van der Waals surface area (Å²) in [6, 6.07) is 8.18. The van der Waals surface area contributed by atoms with Crippen molar-refractivity contribution in [3.05, 3.63) is 28.7 Å². The van der Waals surface area contributed by atoms with Gasteiger partial charge in [-0.25, -0.2) is 0 Å². The molecule has 0 atom stereocenters. The summed E-state index contributed by atoms with van der Waals surface area (Å²) in [5.41, 5.74) is 1.17. The molecule has 0 aliphatic rings. The van der Waals surface area contributed by atoms with Gasteiger partial charge in [0.1, 0.15) is 0 Å². The molecule has 0 spiro atoms. The van der Waals surface area contributed by atoms with E-state index in [9.17, 15) is 0 Å². The van der Waals surface area contributed by atoms with E-state index in [0.717, 1.165) is 23.2 Å². The quantitative estimate of drug-likeness (QED) is 0.614. The predicted octanol–water partition coefficient (Wildman–Crippen LogP) is 3.18. The minimum absolute atomic E-state index is 0.934. The molecule has 1 aromatic rings. The van der Waals surface area contributed by atoms with Crippen LogP contribution in [0.15, 0.2) is 28.7 Å². The fourth-order valence-electron chi connectivity index (χ4n) is 0.880. The van der Waals surface area contributed by atoms with Crippen LogP contribution in [0.4, 0.5) is 5.69 Å². The number of hydrogen-bond acceptors (Lipinski definition) is 2. The van der Waals surface area contributed by atoms with Crippen molar-refractivity contribution in [3.63, 3.8) is 0 Å². The molecule has 0 fully saturated rings. The van der Waals surface area contributed by atoms with Crippen molar-refractivity contribution >= 4 is 34.2 Å². The van der Waals surface area contributed by atoms with E-state index in [-0.39, 0.29) is 0 Å². The van der Waals surface area contributed by atoms with E-state index >= 15 is 0 Å². The Morgan fingerprint density at radius 3 is 2.50 bits per heavy atom. The summed E-state index contributed by atoms with van der Waals surface area (Å²) >= 11 is 7.52. The molecule has 66 valence electrons. The SMILES string of the molecule is SCCCNc1ccc(Br)cc1. The molecule has 0 aliphatic carbocycles. The lowest BCUT2D eigenvalue weighted by molar-refractivity contribution is 0.995. The fourth-order valence-corrected chi connectivity index (χ4v) is 1.30. The minimum Gasteiger partial charge on any atom is -0.385 e. The van der Waals surface area contributed by atoms with Crippen molar-refractivity contribution < 1.29 is 0 Å². The van der Waals surface area contributed by atoms with Crippen LogP contribution in [0.25, 0.3) is 0 Å². The highest BCUT2D eigenvalue weighted by Gasteiger charge is 1.89. The van der Waals surface area contributed by atoms with Crippen LogP contribution in [0.2, 0.25) is 0 Å². The van der Waals surface area contributed by atoms with Crippen LogP contribution in [-0.2, 0) is 0 Å². The predicted molar refractivity (Wildman–Crippen MR) is 61.1 cm³/mol. The van der Waals surface area contributed by atoms with E-state index in [1.54, 1.807) is 0 Å². The highest BCUT2D eigenvalue weighted by Crippen LogP contribution is 2.13. The summed E-state index contributed by atoms with van der Waals surface area (Å²) in [6.07, 6.45) is 1.10. The zero-order chi connectivity index (χ0) is 8.81. The second kappa shape index (κ2) is 5.49. The fraction of sp³-hybridized carbons (Fsp3) is 0.333. The number of hydrogen-bond donors (Lipinski definition) is 2. The Morgan fingerprint density at radius 2 is 1.92 bits per heavy atom. The third-order valence-corrected chi connectivity index (χ3v) is 2.35. The van der Waals surface area contributed by atoms with E-state index in [1.165, 1.54) is 5.69 Å². The molecule has 0 bridgehead atoms. The van der Waals surface area contributed by atoms with Gasteiger partial charge in [-0.3, -0.25) is 0 Å². The molecular formula is C9H12BrNS. The lowest BCUT2D eigenvalue weighted by Gasteiger charge is -2.04. The Hall–Kier alpha value is -0.150. The summed E-state index contributed by atoms with van der Waals surface area (Å²) in [4.78, 5) is 0. The number of anilines is 1. The van der Waals surface area contributed by atoms with Gasteiger partial charge in [0.15, 0.2) is 0 Å². The lowest BCUT2D eigenvalue weighted by Crippen LogP contribution is -2.01. The zero-order valence-electron chi connectivity index (χ0n) is 6.76. The number of rotatable bonds is 4. The van der Waals surface area contributed by atoms with Gasteiger partial charge >= 0.3 is 0 Å². The topological polar surface area (TPSA) is 12.0 Å². The highest BCUT2D eigenvalue weighted by atomic mass is 79.9. The molecule has 0 saturated heterocycles. The van der Waals surface area contributed by atoms with Crippen LogP contribution in [0.1, 0.15) is 6.42 Å². The van der Waals surface area contributed by atoms with E-state index in [2.05, 4.69) is 46.0 Å². The summed E-state index contributed by atoms with van der Waals surface area (Å²) in [5.74, 6) is 0.934. The van der Waals surface area contributed by atoms with Gasteiger partial charge in [0.2, 0.25) is 0 Å². The third kappa shape index (κ3) is 3.50. The van der Waals surface area contributed by atoms with Gasteiger partial charge in [-0.05, 0) is 36.4 Å². The van der Waals surface area contributed by atoms with Gasteiger partial charge in [0, 0.05) is 16.7 Å².